The van der Waals surface area contributed by atoms with Crippen LogP contribution in [0, 0.1) is 0 Å². The van der Waals surface area contributed by atoms with E-state index in [9.17, 15) is 9.59 Å². The van der Waals surface area contributed by atoms with Crippen molar-refractivity contribution < 1.29 is 9.59 Å². The SMILES string of the molecule is CCCCc1ccc(-n2nnnc2SC(C)C(=O)c2ccc3c(c2)CCN3C(C)=O)cc1. The molecule has 7 nitrogen and oxygen atoms in total. The predicted molar refractivity (Wildman–Crippen MR) is 126 cm³/mol. The van der Waals surface area contributed by atoms with E-state index in [0.717, 1.165) is 29.8 Å². The number of aromatic nitrogens is 4. The monoisotopic (exact) mass is 449 g/mol. The molecule has 4 rings (SSSR count). The van der Waals surface area contributed by atoms with Crippen molar-refractivity contribution in [1.29, 1.82) is 0 Å². The highest BCUT2D eigenvalue weighted by Crippen LogP contribution is 2.31. The van der Waals surface area contributed by atoms with Gasteiger partial charge in [-0.25, -0.2) is 0 Å². The van der Waals surface area contributed by atoms with Crippen LogP contribution in [0.3, 0.4) is 0 Å². The molecule has 0 bridgehead atoms. The Kier molecular flexibility index (Phi) is 6.69. The Balaban J connectivity index is 1.47. The average molecular weight is 450 g/mol. The summed E-state index contributed by atoms with van der Waals surface area (Å²) < 4.78 is 1.67. The van der Waals surface area contributed by atoms with Gasteiger partial charge in [-0.2, -0.15) is 4.68 Å². The summed E-state index contributed by atoms with van der Waals surface area (Å²) >= 11 is 1.34. The standard InChI is InChI=1S/C24H27N5O2S/c1-4-5-6-18-7-10-21(11-8-18)29-24(25-26-27-29)32-16(2)23(31)20-9-12-22-19(15-20)13-14-28(22)17(3)30/h7-12,15-16H,4-6,13-14H2,1-3H3. The number of anilines is 1. The van der Waals surface area contributed by atoms with Crippen molar-refractivity contribution in [2.75, 3.05) is 11.4 Å². The number of Topliss-reactive ketones (excluding diaryl/α,β-unsaturated/α-hetero) is 1. The van der Waals surface area contributed by atoms with E-state index >= 15 is 0 Å². The third kappa shape index (κ3) is 4.60. The van der Waals surface area contributed by atoms with Crippen molar-refractivity contribution in [1.82, 2.24) is 20.2 Å². The lowest BCUT2D eigenvalue weighted by molar-refractivity contribution is -0.116. The Morgan fingerprint density at radius 3 is 2.66 bits per heavy atom. The van der Waals surface area contributed by atoms with E-state index in [-0.39, 0.29) is 16.9 Å². The van der Waals surface area contributed by atoms with Crippen LogP contribution in [0.5, 0.6) is 0 Å². The second-order valence-electron chi connectivity index (χ2n) is 8.03. The summed E-state index contributed by atoms with van der Waals surface area (Å²) in [4.78, 5) is 26.6. The van der Waals surface area contributed by atoms with Gasteiger partial charge in [-0.3, -0.25) is 9.59 Å². The maximum absolute atomic E-state index is 13.1. The van der Waals surface area contributed by atoms with Gasteiger partial charge < -0.3 is 4.90 Å². The number of carbonyl (C=O) groups excluding carboxylic acids is 2. The molecule has 1 aliphatic rings. The van der Waals surface area contributed by atoms with E-state index < -0.39 is 0 Å². The Hall–Kier alpha value is -3.00. The Bertz CT molecular complexity index is 1130. The lowest BCUT2D eigenvalue weighted by atomic mass is 10.0. The van der Waals surface area contributed by atoms with Crippen LogP contribution in [0.15, 0.2) is 47.6 Å². The van der Waals surface area contributed by atoms with Crippen molar-refractivity contribution in [3.63, 3.8) is 0 Å². The summed E-state index contributed by atoms with van der Waals surface area (Å²) in [5.41, 5.74) is 4.76. The Morgan fingerprint density at radius 2 is 1.94 bits per heavy atom. The molecule has 0 saturated carbocycles. The first kappa shape index (κ1) is 22.2. The number of hydrogen-bond donors (Lipinski definition) is 0. The summed E-state index contributed by atoms with van der Waals surface area (Å²) in [6.45, 7) is 6.29. The van der Waals surface area contributed by atoms with Crippen molar-refractivity contribution in [2.24, 2.45) is 0 Å². The molecule has 1 unspecified atom stereocenters. The molecule has 1 atom stereocenters. The van der Waals surface area contributed by atoms with Crippen molar-refractivity contribution in [2.45, 2.75) is 56.9 Å². The molecule has 2 aromatic carbocycles. The summed E-state index contributed by atoms with van der Waals surface area (Å²) in [6.07, 6.45) is 4.16. The highest BCUT2D eigenvalue weighted by atomic mass is 32.2. The quantitative estimate of drug-likeness (QED) is 0.377. The molecule has 0 fully saturated rings. The fraction of sp³-hybridized carbons (Fsp3) is 0.375. The number of nitrogens with zero attached hydrogens (tertiary/aromatic N) is 5. The molecular weight excluding hydrogens is 422 g/mol. The van der Waals surface area contributed by atoms with E-state index in [1.165, 1.54) is 30.2 Å². The molecule has 3 aromatic rings. The molecule has 1 amide bonds. The van der Waals surface area contributed by atoms with Crippen LogP contribution < -0.4 is 4.90 Å². The van der Waals surface area contributed by atoms with Crippen molar-refractivity contribution in [3.8, 4) is 5.69 Å². The Labute approximate surface area is 192 Å². The molecule has 8 heteroatoms. The van der Waals surface area contributed by atoms with Crippen LogP contribution in [0.25, 0.3) is 5.69 Å². The minimum absolute atomic E-state index is 0.0172. The highest BCUT2D eigenvalue weighted by Gasteiger charge is 2.25. The second kappa shape index (κ2) is 9.65. The molecule has 32 heavy (non-hydrogen) atoms. The smallest absolute Gasteiger partial charge is 0.223 e. The zero-order valence-electron chi connectivity index (χ0n) is 18.6. The molecular formula is C24H27N5O2S. The molecule has 166 valence electrons. The van der Waals surface area contributed by atoms with Gasteiger partial charge in [0.25, 0.3) is 0 Å². The lowest BCUT2D eigenvalue weighted by Crippen LogP contribution is -2.25. The van der Waals surface area contributed by atoms with Gasteiger partial charge in [0.15, 0.2) is 5.78 Å². The highest BCUT2D eigenvalue weighted by molar-refractivity contribution is 8.00. The third-order valence-corrected chi connectivity index (χ3v) is 6.76. The number of thioether (sulfide) groups is 1. The van der Waals surface area contributed by atoms with Crippen molar-refractivity contribution in [3.05, 3.63) is 59.2 Å². The average Bonchev–Trinajstić information content (AvgIpc) is 3.44. The number of aryl methyl sites for hydroxylation is 1. The minimum Gasteiger partial charge on any atom is -0.312 e. The third-order valence-electron chi connectivity index (χ3n) is 5.73. The molecule has 0 radical (unpaired) electrons. The minimum atomic E-state index is -0.355. The van der Waals surface area contributed by atoms with E-state index in [4.69, 9.17) is 0 Å². The zero-order chi connectivity index (χ0) is 22.7. The number of hydrogen-bond acceptors (Lipinski definition) is 6. The second-order valence-corrected chi connectivity index (χ2v) is 9.34. The van der Waals surface area contributed by atoms with Crippen LogP contribution in [0.1, 0.15) is 55.1 Å². The molecule has 0 saturated heterocycles. The van der Waals surface area contributed by atoms with Crippen LogP contribution in [-0.4, -0.2) is 43.7 Å². The Morgan fingerprint density at radius 1 is 1.16 bits per heavy atom. The first-order valence-corrected chi connectivity index (χ1v) is 11.9. The lowest BCUT2D eigenvalue weighted by Gasteiger charge is -2.15. The predicted octanol–water partition coefficient (Wildman–Crippen LogP) is 4.28. The molecule has 1 aliphatic heterocycles. The van der Waals surface area contributed by atoms with Gasteiger partial charge in [0, 0.05) is 24.7 Å². The molecule has 1 aromatic heterocycles. The van der Waals surface area contributed by atoms with Crippen LogP contribution in [0.4, 0.5) is 5.69 Å². The van der Waals surface area contributed by atoms with Gasteiger partial charge in [-0.1, -0.05) is 37.2 Å². The van der Waals surface area contributed by atoms with E-state index in [1.54, 1.807) is 22.6 Å². The van der Waals surface area contributed by atoms with Crippen LogP contribution in [-0.2, 0) is 17.6 Å². The number of carbonyl (C=O) groups is 2. The van der Waals surface area contributed by atoms with E-state index in [2.05, 4.69) is 34.6 Å². The van der Waals surface area contributed by atoms with E-state index in [1.807, 2.05) is 31.2 Å². The van der Waals surface area contributed by atoms with Gasteiger partial charge >= 0.3 is 0 Å². The molecule has 0 spiro atoms. The topological polar surface area (TPSA) is 81.0 Å². The molecule has 0 N–H and O–H groups in total. The molecule has 2 heterocycles. The maximum Gasteiger partial charge on any atom is 0.223 e. The summed E-state index contributed by atoms with van der Waals surface area (Å²) in [5.74, 6) is 0.0421. The first-order chi connectivity index (χ1) is 15.5. The number of fused-ring (bicyclic) bond motifs is 1. The summed E-state index contributed by atoms with van der Waals surface area (Å²) in [7, 11) is 0. The zero-order valence-corrected chi connectivity index (χ0v) is 19.4. The summed E-state index contributed by atoms with van der Waals surface area (Å²) in [5, 5.41) is 12.3. The largest absolute Gasteiger partial charge is 0.312 e. The fourth-order valence-corrected chi connectivity index (χ4v) is 4.81. The summed E-state index contributed by atoms with van der Waals surface area (Å²) in [6, 6.07) is 13.8. The number of amides is 1. The number of ketones is 1. The normalized spacial score (nSPS) is 13.8. The molecule has 0 aliphatic carbocycles. The number of rotatable bonds is 8. The number of benzene rings is 2. The fourth-order valence-electron chi connectivity index (χ4n) is 3.93. The van der Waals surface area contributed by atoms with Gasteiger partial charge in [0.05, 0.1) is 10.9 Å². The maximum atomic E-state index is 13.1. The van der Waals surface area contributed by atoms with Gasteiger partial charge in [-0.05, 0) is 78.1 Å². The van der Waals surface area contributed by atoms with E-state index in [0.29, 0.717) is 17.3 Å². The number of unbranched alkanes of at least 4 members (excludes halogenated alkanes) is 1. The van der Waals surface area contributed by atoms with Crippen LogP contribution in [0.2, 0.25) is 0 Å². The van der Waals surface area contributed by atoms with Gasteiger partial charge in [0.1, 0.15) is 0 Å². The number of tetrazole rings is 1. The van der Waals surface area contributed by atoms with Crippen LogP contribution >= 0.6 is 11.8 Å². The van der Waals surface area contributed by atoms with Gasteiger partial charge in [-0.15, -0.1) is 5.10 Å². The first-order valence-electron chi connectivity index (χ1n) is 11.0. The van der Waals surface area contributed by atoms with Crippen molar-refractivity contribution >= 4 is 29.1 Å². The van der Waals surface area contributed by atoms with Gasteiger partial charge in [0.2, 0.25) is 11.1 Å².